The van der Waals surface area contributed by atoms with Crippen LogP contribution in [0.25, 0.3) is 0 Å². The van der Waals surface area contributed by atoms with Crippen molar-refractivity contribution in [2.24, 2.45) is 0 Å². The van der Waals surface area contributed by atoms with Gasteiger partial charge < -0.3 is 9.80 Å². The number of likely N-dealkylation sites (N-methyl/N-ethyl adjacent to an activating group) is 1. The molecule has 2 rings (SSSR count). The first-order valence-electron chi connectivity index (χ1n) is 7.10. The van der Waals surface area contributed by atoms with E-state index in [2.05, 4.69) is 26.2 Å². The fourth-order valence-corrected chi connectivity index (χ4v) is 3.10. The van der Waals surface area contributed by atoms with Gasteiger partial charge in [0.2, 0.25) is 5.91 Å². The molecule has 7 heteroatoms. The maximum atomic E-state index is 12.0. The third-order valence-electron chi connectivity index (χ3n) is 3.59. The number of carbonyl (C=O) groups excluding carboxylic acids is 1. The van der Waals surface area contributed by atoms with Crippen LogP contribution in [0, 0.1) is 18.3 Å². The molecule has 1 amide bonds. The average Bonchev–Trinajstić information content (AvgIpc) is 2.92. The molecular weight excluding hydrogens is 286 g/mol. The van der Waals surface area contributed by atoms with Crippen LogP contribution >= 0.6 is 11.3 Å². The lowest BCUT2D eigenvalue weighted by molar-refractivity contribution is -0.131. The standard InChI is InChI=1S/C14H21N5OS/c1-12-11-21-14(16-12)19-8-6-18(7-9-19)10-13(20)17(2)5-3-4-15/h11H,3,5-10H2,1-2H3. The number of hydrogen-bond acceptors (Lipinski definition) is 6. The van der Waals surface area contributed by atoms with Crippen molar-refractivity contribution in [3.8, 4) is 6.07 Å². The molecule has 0 bridgehead atoms. The molecule has 1 aromatic heterocycles. The molecule has 0 spiro atoms. The fourth-order valence-electron chi connectivity index (χ4n) is 2.24. The summed E-state index contributed by atoms with van der Waals surface area (Å²) in [6.07, 6.45) is 0.388. The maximum Gasteiger partial charge on any atom is 0.236 e. The van der Waals surface area contributed by atoms with E-state index < -0.39 is 0 Å². The number of anilines is 1. The van der Waals surface area contributed by atoms with E-state index in [1.54, 1.807) is 23.3 Å². The van der Waals surface area contributed by atoms with E-state index >= 15 is 0 Å². The lowest BCUT2D eigenvalue weighted by Crippen LogP contribution is -2.49. The molecule has 0 atom stereocenters. The van der Waals surface area contributed by atoms with E-state index in [1.807, 2.05) is 6.92 Å². The Balaban J connectivity index is 1.76. The Morgan fingerprint density at radius 2 is 2.19 bits per heavy atom. The van der Waals surface area contributed by atoms with E-state index in [4.69, 9.17) is 5.26 Å². The first-order chi connectivity index (χ1) is 10.1. The van der Waals surface area contributed by atoms with Gasteiger partial charge in [-0.3, -0.25) is 9.69 Å². The second-order valence-electron chi connectivity index (χ2n) is 5.26. The van der Waals surface area contributed by atoms with Gasteiger partial charge in [-0.2, -0.15) is 5.26 Å². The lowest BCUT2D eigenvalue weighted by Gasteiger charge is -2.34. The fraction of sp³-hybridized carbons (Fsp3) is 0.643. The van der Waals surface area contributed by atoms with Gasteiger partial charge in [-0.15, -0.1) is 11.3 Å². The number of carbonyl (C=O) groups is 1. The first-order valence-corrected chi connectivity index (χ1v) is 7.98. The van der Waals surface area contributed by atoms with Crippen LogP contribution in [-0.2, 0) is 4.79 Å². The summed E-state index contributed by atoms with van der Waals surface area (Å²) < 4.78 is 0. The first kappa shape index (κ1) is 15.7. The van der Waals surface area contributed by atoms with Crippen molar-refractivity contribution in [3.63, 3.8) is 0 Å². The molecule has 1 aromatic rings. The van der Waals surface area contributed by atoms with Crippen molar-refractivity contribution in [2.75, 3.05) is 51.2 Å². The lowest BCUT2D eigenvalue weighted by atomic mass is 10.3. The Morgan fingerprint density at radius 1 is 1.48 bits per heavy atom. The third kappa shape index (κ3) is 4.41. The number of amides is 1. The molecule has 0 N–H and O–H groups in total. The minimum Gasteiger partial charge on any atom is -0.346 e. The Bertz CT molecular complexity index is 516. The molecule has 1 saturated heterocycles. The van der Waals surface area contributed by atoms with E-state index in [1.165, 1.54) is 0 Å². The van der Waals surface area contributed by atoms with Crippen LogP contribution in [-0.4, -0.2) is 67.0 Å². The van der Waals surface area contributed by atoms with Crippen molar-refractivity contribution in [3.05, 3.63) is 11.1 Å². The summed E-state index contributed by atoms with van der Waals surface area (Å²) in [5.74, 6) is 0.0868. The number of piperazine rings is 1. The highest BCUT2D eigenvalue weighted by Crippen LogP contribution is 2.21. The molecule has 1 fully saturated rings. The molecular formula is C14H21N5OS. The van der Waals surface area contributed by atoms with Crippen molar-refractivity contribution in [1.82, 2.24) is 14.8 Å². The highest BCUT2D eigenvalue weighted by atomic mass is 32.1. The van der Waals surface area contributed by atoms with Gasteiger partial charge in [-0.25, -0.2) is 4.98 Å². The maximum absolute atomic E-state index is 12.0. The second-order valence-corrected chi connectivity index (χ2v) is 6.09. The highest BCUT2D eigenvalue weighted by Gasteiger charge is 2.21. The summed E-state index contributed by atoms with van der Waals surface area (Å²) in [6, 6.07) is 2.06. The number of nitrogens with zero attached hydrogens (tertiary/aromatic N) is 5. The number of aryl methyl sites for hydroxylation is 1. The van der Waals surface area contributed by atoms with Crippen LogP contribution in [0.15, 0.2) is 5.38 Å². The van der Waals surface area contributed by atoms with Gasteiger partial charge in [0.05, 0.1) is 24.7 Å². The number of rotatable bonds is 5. The van der Waals surface area contributed by atoms with Crippen LogP contribution in [0.2, 0.25) is 0 Å². The van der Waals surface area contributed by atoms with Crippen molar-refractivity contribution in [2.45, 2.75) is 13.3 Å². The molecule has 0 aliphatic carbocycles. The summed E-state index contributed by atoms with van der Waals surface area (Å²) >= 11 is 1.68. The zero-order chi connectivity index (χ0) is 15.2. The summed E-state index contributed by atoms with van der Waals surface area (Å²) in [6.45, 7) is 6.50. The van der Waals surface area contributed by atoms with E-state index in [9.17, 15) is 4.79 Å². The summed E-state index contributed by atoms with van der Waals surface area (Å²) in [7, 11) is 1.76. The number of thiazole rings is 1. The van der Waals surface area contributed by atoms with E-state index in [0.717, 1.165) is 37.0 Å². The molecule has 0 aromatic carbocycles. The number of hydrogen-bond donors (Lipinski definition) is 0. The van der Waals surface area contributed by atoms with E-state index in [0.29, 0.717) is 19.5 Å². The van der Waals surface area contributed by atoms with Gasteiger partial charge in [0.25, 0.3) is 0 Å². The van der Waals surface area contributed by atoms with Crippen molar-refractivity contribution in [1.29, 1.82) is 5.26 Å². The predicted molar refractivity (Wildman–Crippen MR) is 83.4 cm³/mol. The molecule has 1 aliphatic rings. The number of aromatic nitrogens is 1. The zero-order valence-electron chi connectivity index (χ0n) is 12.6. The smallest absolute Gasteiger partial charge is 0.236 e. The van der Waals surface area contributed by atoms with E-state index in [-0.39, 0.29) is 5.91 Å². The van der Waals surface area contributed by atoms with Gasteiger partial charge >= 0.3 is 0 Å². The van der Waals surface area contributed by atoms with Crippen LogP contribution < -0.4 is 4.90 Å². The molecule has 2 heterocycles. The van der Waals surface area contributed by atoms with Crippen LogP contribution in [0.1, 0.15) is 12.1 Å². The summed E-state index contributed by atoms with van der Waals surface area (Å²) in [4.78, 5) is 22.6. The topological polar surface area (TPSA) is 63.5 Å². The molecule has 0 radical (unpaired) electrons. The normalized spacial score (nSPS) is 15.8. The zero-order valence-corrected chi connectivity index (χ0v) is 13.4. The van der Waals surface area contributed by atoms with Gasteiger partial charge in [-0.05, 0) is 6.92 Å². The van der Waals surface area contributed by atoms with Gasteiger partial charge in [0.15, 0.2) is 5.13 Å². The SMILES string of the molecule is Cc1csc(N2CCN(CC(=O)N(C)CCC#N)CC2)n1. The van der Waals surface area contributed by atoms with Crippen LogP contribution in [0.5, 0.6) is 0 Å². The molecule has 0 unspecified atom stereocenters. The molecule has 1 aliphatic heterocycles. The van der Waals surface area contributed by atoms with Crippen LogP contribution in [0.3, 0.4) is 0 Å². The quantitative estimate of drug-likeness (QED) is 0.810. The van der Waals surface area contributed by atoms with Crippen LogP contribution in [0.4, 0.5) is 5.13 Å². The molecule has 114 valence electrons. The Hall–Kier alpha value is -1.65. The molecule has 6 nitrogen and oxygen atoms in total. The van der Waals surface area contributed by atoms with Crippen molar-refractivity contribution < 1.29 is 4.79 Å². The Labute approximate surface area is 129 Å². The average molecular weight is 307 g/mol. The van der Waals surface area contributed by atoms with Crippen molar-refractivity contribution >= 4 is 22.4 Å². The largest absolute Gasteiger partial charge is 0.346 e. The van der Waals surface area contributed by atoms with Gasteiger partial charge in [-0.1, -0.05) is 0 Å². The summed E-state index contributed by atoms with van der Waals surface area (Å²) in [5.41, 5.74) is 1.06. The van der Waals surface area contributed by atoms with Gasteiger partial charge in [0.1, 0.15) is 0 Å². The summed E-state index contributed by atoms with van der Waals surface area (Å²) in [5, 5.41) is 11.7. The molecule has 21 heavy (non-hydrogen) atoms. The monoisotopic (exact) mass is 307 g/mol. The number of nitriles is 1. The predicted octanol–water partition coefficient (Wildman–Crippen LogP) is 0.946. The Morgan fingerprint density at radius 3 is 2.76 bits per heavy atom. The highest BCUT2D eigenvalue weighted by molar-refractivity contribution is 7.13. The second kappa shape index (κ2) is 7.38. The van der Waals surface area contributed by atoms with Gasteiger partial charge in [0, 0.05) is 45.2 Å². The Kier molecular flexibility index (Phi) is 5.53. The minimum atomic E-state index is 0.0868. The third-order valence-corrected chi connectivity index (χ3v) is 4.61. The minimum absolute atomic E-state index is 0.0868. The molecule has 0 saturated carbocycles.